The van der Waals surface area contributed by atoms with E-state index in [-0.39, 0.29) is 11.1 Å². The topological polar surface area (TPSA) is 64.9 Å². The minimum Gasteiger partial charge on any atom is -0.383 e. The SMILES string of the molecule is Nc1ncccc1CC(N)c1ccc(F)c(Cl)c1. The zero-order valence-corrected chi connectivity index (χ0v) is 10.4. The van der Waals surface area contributed by atoms with Crippen LogP contribution in [0.1, 0.15) is 17.2 Å². The summed E-state index contributed by atoms with van der Waals surface area (Å²) in [5.41, 5.74) is 13.4. The molecule has 5 heteroatoms. The Morgan fingerprint density at radius 1 is 1.33 bits per heavy atom. The van der Waals surface area contributed by atoms with E-state index in [0.717, 1.165) is 11.1 Å². The zero-order chi connectivity index (χ0) is 13.1. The molecule has 1 atom stereocenters. The number of anilines is 1. The van der Waals surface area contributed by atoms with E-state index < -0.39 is 5.82 Å². The van der Waals surface area contributed by atoms with E-state index >= 15 is 0 Å². The molecule has 0 amide bonds. The fourth-order valence-corrected chi connectivity index (χ4v) is 1.91. The normalized spacial score (nSPS) is 12.4. The molecule has 94 valence electrons. The average Bonchev–Trinajstić information content (AvgIpc) is 2.35. The van der Waals surface area contributed by atoms with E-state index in [1.54, 1.807) is 18.3 Å². The Kier molecular flexibility index (Phi) is 3.79. The Morgan fingerprint density at radius 3 is 2.78 bits per heavy atom. The largest absolute Gasteiger partial charge is 0.383 e. The molecule has 4 N–H and O–H groups in total. The Bertz CT molecular complexity index is 560. The summed E-state index contributed by atoms with van der Waals surface area (Å²) in [4.78, 5) is 3.99. The second-order valence-corrected chi connectivity index (χ2v) is 4.44. The molecule has 0 aliphatic rings. The first kappa shape index (κ1) is 12.8. The third-order valence-corrected chi connectivity index (χ3v) is 3.03. The summed E-state index contributed by atoms with van der Waals surface area (Å²) in [6, 6.07) is 7.84. The number of nitrogens with zero attached hydrogens (tertiary/aromatic N) is 1. The van der Waals surface area contributed by atoms with Gasteiger partial charge in [-0.1, -0.05) is 23.7 Å². The van der Waals surface area contributed by atoms with Gasteiger partial charge in [0.25, 0.3) is 0 Å². The molecule has 2 aromatic rings. The van der Waals surface area contributed by atoms with Gasteiger partial charge in [0.15, 0.2) is 0 Å². The predicted octanol–water partition coefficient (Wildman–Crippen LogP) is 2.70. The maximum atomic E-state index is 13.1. The first-order valence-corrected chi connectivity index (χ1v) is 5.85. The number of rotatable bonds is 3. The van der Waals surface area contributed by atoms with Crippen molar-refractivity contribution in [3.8, 4) is 0 Å². The van der Waals surface area contributed by atoms with Crippen molar-refractivity contribution in [1.82, 2.24) is 4.98 Å². The van der Waals surface area contributed by atoms with Crippen molar-refractivity contribution < 1.29 is 4.39 Å². The van der Waals surface area contributed by atoms with Crippen LogP contribution in [0.4, 0.5) is 10.2 Å². The minimum atomic E-state index is -0.450. The number of nitrogens with two attached hydrogens (primary N) is 2. The van der Waals surface area contributed by atoms with Crippen LogP contribution in [0.3, 0.4) is 0 Å². The van der Waals surface area contributed by atoms with E-state index in [2.05, 4.69) is 4.98 Å². The number of pyridine rings is 1. The quantitative estimate of drug-likeness (QED) is 0.897. The molecule has 0 radical (unpaired) electrons. The zero-order valence-electron chi connectivity index (χ0n) is 9.61. The fraction of sp³-hybridized carbons (Fsp3) is 0.154. The van der Waals surface area contributed by atoms with Gasteiger partial charge in [-0.05, 0) is 35.7 Å². The smallest absolute Gasteiger partial charge is 0.141 e. The third kappa shape index (κ3) is 2.78. The number of hydrogen-bond acceptors (Lipinski definition) is 3. The van der Waals surface area contributed by atoms with Crippen molar-refractivity contribution in [3.63, 3.8) is 0 Å². The van der Waals surface area contributed by atoms with Crippen LogP contribution >= 0.6 is 11.6 Å². The van der Waals surface area contributed by atoms with Crippen LogP contribution in [0.5, 0.6) is 0 Å². The van der Waals surface area contributed by atoms with Gasteiger partial charge in [0.1, 0.15) is 11.6 Å². The van der Waals surface area contributed by atoms with Crippen molar-refractivity contribution in [2.24, 2.45) is 5.73 Å². The number of hydrogen-bond donors (Lipinski definition) is 2. The molecule has 0 saturated carbocycles. The molecule has 1 aromatic heterocycles. The summed E-state index contributed by atoms with van der Waals surface area (Å²) >= 11 is 5.72. The fourth-order valence-electron chi connectivity index (χ4n) is 1.72. The monoisotopic (exact) mass is 265 g/mol. The van der Waals surface area contributed by atoms with Crippen LogP contribution < -0.4 is 11.5 Å². The van der Waals surface area contributed by atoms with Crippen LogP contribution in [0.2, 0.25) is 5.02 Å². The van der Waals surface area contributed by atoms with E-state index in [1.165, 1.54) is 12.1 Å². The number of nitrogen functional groups attached to an aromatic ring is 1. The summed E-state index contributed by atoms with van der Waals surface area (Å²) in [5.74, 6) is 0.00895. The lowest BCUT2D eigenvalue weighted by Crippen LogP contribution is -2.14. The molecule has 1 heterocycles. The molecule has 0 fully saturated rings. The molecule has 1 aromatic carbocycles. The maximum Gasteiger partial charge on any atom is 0.141 e. The molecule has 0 bridgehead atoms. The van der Waals surface area contributed by atoms with Gasteiger partial charge in [-0.3, -0.25) is 0 Å². The molecule has 0 saturated heterocycles. The van der Waals surface area contributed by atoms with Crippen molar-refractivity contribution in [3.05, 3.63) is 58.5 Å². The van der Waals surface area contributed by atoms with Crippen LogP contribution in [0.25, 0.3) is 0 Å². The van der Waals surface area contributed by atoms with Gasteiger partial charge < -0.3 is 11.5 Å². The van der Waals surface area contributed by atoms with Gasteiger partial charge in [-0.25, -0.2) is 9.37 Å². The van der Waals surface area contributed by atoms with E-state index in [9.17, 15) is 4.39 Å². The summed E-state index contributed by atoms with van der Waals surface area (Å²) in [5, 5.41) is 0.0714. The van der Waals surface area contributed by atoms with Gasteiger partial charge in [0.2, 0.25) is 0 Å². The van der Waals surface area contributed by atoms with E-state index in [1.807, 2.05) is 6.07 Å². The minimum absolute atomic E-state index is 0.0714. The summed E-state index contributed by atoms with van der Waals surface area (Å²) in [7, 11) is 0. The van der Waals surface area contributed by atoms with Crippen LogP contribution in [0, 0.1) is 5.82 Å². The van der Waals surface area contributed by atoms with Gasteiger partial charge in [0.05, 0.1) is 5.02 Å². The van der Waals surface area contributed by atoms with Gasteiger partial charge in [0, 0.05) is 12.2 Å². The highest BCUT2D eigenvalue weighted by Crippen LogP contribution is 2.23. The first-order valence-electron chi connectivity index (χ1n) is 5.48. The van der Waals surface area contributed by atoms with E-state index in [0.29, 0.717) is 12.2 Å². The second-order valence-electron chi connectivity index (χ2n) is 4.03. The Hall–Kier alpha value is -1.65. The highest BCUT2D eigenvalue weighted by molar-refractivity contribution is 6.30. The molecule has 1 unspecified atom stereocenters. The molecule has 0 spiro atoms. The lowest BCUT2D eigenvalue weighted by molar-refractivity contribution is 0.625. The third-order valence-electron chi connectivity index (χ3n) is 2.74. The van der Waals surface area contributed by atoms with Crippen LogP contribution in [0.15, 0.2) is 36.5 Å². The van der Waals surface area contributed by atoms with Gasteiger partial charge in [-0.15, -0.1) is 0 Å². The van der Waals surface area contributed by atoms with Gasteiger partial charge >= 0.3 is 0 Å². The van der Waals surface area contributed by atoms with E-state index in [4.69, 9.17) is 23.1 Å². The van der Waals surface area contributed by atoms with Crippen molar-refractivity contribution in [2.75, 3.05) is 5.73 Å². The Labute approximate surface area is 110 Å². The van der Waals surface area contributed by atoms with Crippen molar-refractivity contribution in [2.45, 2.75) is 12.5 Å². The summed E-state index contributed by atoms with van der Waals surface area (Å²) in [6.45, 7) is 0. The van der Waals surface area contributed by atoms with Crippen LogP contribution in [-0.2, 0) is 6.42 Å². The first-order chi connectivity index (χ1) is 8.58. The average molecular weight is 266 g/mol. The van der Waals surface area contributed by atoms with Gasteiger partial charge in [-0.2, -0.15) is 0 Å². The number of benzene rings is 1. The molecular weight excluding hydrogens is 253 g/mol. The second kappa shape index (κ2) is 5.33. The molecular formula is C13H13ClFN3. The Balaban J connectivity index is 2.19. The summed E-state index contributed by atoms with van der Waals surface area (Å²) in [6.07, 6.45) is 2.15. The lowest BCUT2D eigenvalue weighted by Gasteiger charge is -2.13. The molecule has 3 nitrogen and oxygen atoms in total. The molecule has 0 aliphatic carbocycles. The molecule has 18 heavy (non-hydrogen) atoms. The molecule has 0 aliphatic heterocycles. The predicted molar refractivity (Wildman–Crippen MR) is 70.7 cm³/mol. The maximum absolute atomic E-state index is 13.1. The lowest BCUT2D eigenvalue weighted by atomic mass is 10.00. The Morgan fingerprint density at radius 2 is 2.11 bits per heavy atom. The standard InChI is InChI=1S/C13H13ClFN3/c14-10-6-8(3-4-11(10)15)12(16)7-9-2-1-5-18-13(9)17/h1-6,12H,7,16H2,(H2,17,18). The number of aromatic nitrogens is 1. The highest BCUT2D eigenvalue weighted by Gasteiger charge is 2.11. The summed E-state index contributed by atoms with van der Waals surface area (Å²) < 4.78 is 13.1. The molecule has 2 rings (SSSR count). The highest BCUT2D eigenvalue weighted by atomic mass is 35.5. The number of halogens is 2. The van der Waals surface area contributed by atoms with Crippen LogP contribution in [-0.4, -0.2) is 4.98 Å². The van der Waals surface area contributed by atoms with Crippen molar-refractivity contribution >= 4 is 17.4 Å². The van der Waals surface area contributed by atoms with Crippen molar-refractivity contribution in [1.29, 1.82) is 0 Å².